The van der Waals surface area contributed by atoms with Crippen LogP contribution < -0.4 is 4.74 Å². The standard InChI is InChI=1S/C16H22N2O2/c1-4-11(2)14-7-12-9-18(3)17-15(12)8-16(14)20-13-5-6-19-10-13/h7-9,11,13H,4-6,10H2,1-3H3. The summed E-state index contributed by atoms with van der Waals surface area (Å²) in [5.74, 6) is 1.46. The van der Waals surface area contributed by atoms with E-state index in [1.807, 2.05) is 11.7 Å². The largest absolute Gasteiger partial charge is 0.488 e. The SMILES string of the molecule is CCC(C)c1cc2cn(C)nc2cc1OC1CCOC1. The van der Waals surface area contributed by atoms with E-state index in [0.29, 0.717) is 12.5 Å². The highest BCUT2D eigenvalue weighted by Gasteiger charge is 2.21. The van der Waals surface area contributed by atoms with Crippen molar-refractivity contribution in [2.45, 2.75) is 38.7 Å². The lowest BCUT2D eigenvalue weighted by molar-refractivity contribution is 0.140. The molecule has 1 fully saturated rings. The molecule has 1 aliphatic heterocycles. The number of rotatable bonds is 4. The molecule has 1 aliphatic rings. The molecular weight excluding hydrogens is 252 g/mol. The maximum atomic E-state index is 6.17. The average Bonchev–Trinajstić information content (AvgIpc) is 3.05. The van der Waals surface area contributed by atoms with E-state index in [2.05, 4.69) is 37.3 Å². The Kier molecular flexibility index (Phi) is 3.66. The Morgan fingerprint density at radius 3 is 3.05 bits per heavy atom. The van der Waals surface area contributed by atoms with Gasteiger partial charge in [0.15, 0.2) is 0 Å². The number of nitrogens with zero attached hydrogens (tertiary/aromatic N) is 2. The monoisotopic (exact) mass is 274 g/mol. The summed E-state index contributed by atoms with van der Waals surface area (Å²) in [6.45, 7) is 5.95. The molecule has 0 saturated carbocycles. The molecule has 20 heavy (non-hydrogen) atoms. The summed E-state index contributed by atoms with van der Waals surface area (Å²) < 4.78 is 13.4. The second-order valence-electron chi connectivity index (χ2n) is 5.66. The third-order valence-corrected chi connectivity index (χ3v) is 4.08. The van der Waals surface area contributed by atoms with E-state index in [4.69, 9.17) is 9.47 Å². The second-order valence-corrected chi connectivity index (χ2v) is 5.66. The van der Waals surface area contributed by atoms with Crippen LogP contribution >= 0.6 is 0 Å². The van der Waals surface area contributed by atoms with E-state index in [9.17, 15) is 0 Å². The molecule has 108 valence electrons. The normalized spacial score (nSPS) is 20.4. The zero-order valence-electron chi connectivity index (χ0n) is 12.4. The molecule has 0 amide bonds. The molecule has 0 bridgehead atoms. The van der Waals surface area contributed by atoms with Crippen molar-refractivity contribution in [3.05, 3.63) is 23.9 Å². The maximum Gasteiger partial charge on any atom is 0.125 e. The van der Waals surface area contributed by atoms with Gasteiger partial charge in [0.1, 0.15) is 11.9 Å². The van der Waals surface area contributed by atoms with Crippen molar-refractivity contribution in [2.75, 3.05) is 13.2 Å². The summed E-state index contributed by atoms with van der Waals surface area (Å²) in [6, 6.07) is 4.30. The Bertz CT molecular complexity index is 600. The second kappa shape index (κ2) is 5.44. The van der Waals surface area contributed by atoms with Crippen LogP contribution in [0.4, 0.5) is 0 Å². The van der Waals surface area contributed by atoms with Crippen LogP contribution in [0.5, 0.6) is 5.75 Å². The summed E-state index contributed by atoms with van der Waals surface area (Å²) in [5.41, 5.74) is 2.27. The predicted molar refractivity (Wildman–Crippen MR) is 79.3 cm³/mol. The molecule has 2 unspecified atom stereocenters. The first-order valence-electron chi connectivity index (χ1n) is 7.39. The van der Waals surface area contributed by atoms with Crippen LogP contribution in [0.1, 0.15) is 38.2 Å². The molecule has 4 heteroatoms. The summed E-state index contributed by atoms with van der Waals surface area (Å²) in [6.07, 6.45) is 4.31. The van der Waals surface area contributed by atoms with Gasteiger partial charge in [0.05, 0.1) is 18.7 Å². The molecule has 2 heterocycles. The van der Waals surface area contributed by atoms with Gasteiger partial charge in [0.2, 0.25) is 0 Å². The van der Waals surface area contributed by atoms with Gasteiger partial charge in [-0.1, -0.05) is 13.8 Å². The highest BCUT2D eigenvalue weighted by Crippen LogP contribution is 2.34. The number of aromatic nitrogens is 2. The molecule has 1 aromatic carbocycles. The fourth-order valence-corrected chi connectivity index (χ4v) is 2.69. The minimum atomic E-state index is 0.180. The lowest BCUT2D eigenvalue weighted by Crippen LogP contribution is -2.17. The summed E-state index contributed by atoms with van der Waals surface area (Å²) in [7, 11) is 1.95. The van der Waals surface area contributed by atoms with Gasteiger partial charge in [-0.05, 0) is 24.0 Å². The van der Waals surface area contributed by atoms with Crippen molar-refractivity contribution in [1.29, 1.82) is 0 Å². The van der Waals surface area contributed by atoms with E-state index in [1.54, 1.807) is 0 Å². The van der Waals surface area contributed by atoms with Gasteiger partial charge in [-0.25, -0.2) is 0 Å². The average molecular weight is 274 g/mol. The van der Waals surface area contributed by atoms with Crippen LogP contribution in [0.3, 0.4) is 0 Å². The van der Waals surface area contributed by atoms with E-state index < -0.39 is 0 Å². The quantitative estimate of drug-likeness (QED) is 0.858. The van der Waals surface area contributed by atoms with E-state index in [-0.39, 0.29) is 6.10 Å². The molecule has 0 N–H and O–H groups in total. The highest BCUT2D eigenvalue weighted by molar-refractivity contribution is 5.81. The minimum absolute atomic E-state index is 0.180. The Morgan fingerprint density at radius 1 is 1.50 bits per heavy atom. The lowest BCUT2D eigenvalue weighted by atomic mass is 9.96. The van der Waals surface area contributed by atoms with Gasteiger partial charge in [-0.2, -0.15) is 5.10 Å². The fourth-order valence-electron chi connectivity index (χ4n) is 2.69. The molecular formula is C16H22N2O2. The Hall–Kier alpha value is -1.55. The summed E-state index contributed by atoms with van der Waals surface area (Å²) in [5, 5.41) is 5.66. The van der Waals surface area contributed by atoms with E-state index in [0.717, 1.165) is 30.7 Å². The van der Waals surface area contributed by atoms with Crippen molar-refractivity contribution in [1.82, 2.24) is 9.78 Å². The van der Waals surface area contributed by atoms with Gasteiger partial charge in [0.25, 0.3) is 0 Å². The van der Waals surface area contributed by atoms with Crippen LogP contribution in [0.2, 0.25) is 0 Å². The number of ether oxygens (including phenoxy) is 2. The van der Waals surface area contributed by atoms with Crippen LogP contribution in [0.25, 0.3) is 10.9 Å². The Balaban J connectivity index is 2.00. The number of fused-ring (bicyclic) bond motifs is 1. The predicted octanol–water partition coefficient (Wildman–Crippen LogP) is 3.25. The zero-order chi connectivity index (χ0) is 14.1. The molecule has 2 atom stereocenters. The lowest BCUT2D eigenvalue weighted by Gasteiger charge is -2.19. The molecule has 3 rings (SSSR count). The molecule has 4 nitrogen and oxygen atoms in total. The maximum absolute atomic E-state index is 6.17. The molecule has 0 radical (unpaired) electrons. The molecule has 0 aliphatic carbocycles. The molecule has 1 aromatic heterocycles. The van der Waals surface area contributed by atoms with Gasteiger partial charge < -0.3 is 9.47 Å². The molecule has 0 spiro atoms. The zero-order valence-corrected chi connectivity index (χ0v) is 12.4. The highest BCUT2D eigenvalue weighted by atomic mass is 16.5. The first-order chi connectivity index (χ1) is 9.67. The molecule has 2 aromatic rings. The third kappa shape index (κ3) is 2.52. The fraction of sp³-hybridized carbons (Fsp3) is 0.562. The van der Waals surface area contributed by atoms with Gasteiger partial charge in [0, 0.05) is 31.1 Å². The third-order valence-electron chi connectivity index (χ3n) is 4.08. The minimum Gasteiger partial charge on any atom is -0.488 e. The number of hydrogen-bond acceptors (Lipinski definition) is 3. The number of benzene rings is 1. The van der Waals surface area contributed by atoms with Crippen molar-refractivity contribution in [2.24, 2.45) is 7.05 Å². The number of aryl methyl sites for hydroxylation is 1. The van der Waals surface area contributed by atoms with Crippen molar-refractivity contribution in [3.8, 4) is 5.75 Å². The van der Waals surface area contributed by atoms with Crippen LogP contribution in [-0.2, 0) is 11.8 Å². The smallest absolute Gasteiger partial charge is 0.125 e. The summed E-state index contributed by atoms with van der Waals surface area (Å²) >= 11 is 0. The Morgan fingerprint density at radius 2 is 2.35 bits per heavy atom. The first kappa shape index (κ1) is 13.4. The van der Waals surface area contributed by atoms with Crippen LogP contribution in [0.15, 0.2) is 18.3 Å². The van der Waals surface area contributed by atoms with Crippen molar-refractivity contribution in [3.63, 3.8) is 0 Å². The van der Waals surface area contributed by atoms with Gasteiger partial charge in [-0.15, -0.1) is 0 Å². The van der Waals surface area contributed by atoms with E-state index in [1.165, 1.54) is 10.9 Å². The topological polar surface area (TPSA) is 36.3 Å². The Labute approximate surface area is 119 Å². The van der Waals surface area contributed by atoms with Crippen LogP contribution in [-0.4, -0.2) is 29.1 Å². The van der Waals surface area contributed by atoms with Crippen molar-refractivity contribution >= 4 is 10.9 Å². The number of hydrogen-bond donors (Lipinski definition) is 0. The summed E-state index contributed by atoms with van der Waals surface area (Å²) in [4.78, 5) is 0. The van der Waals surface area contributed by atoms with Crippen molar-refractivity contribution < 1.29 is 9.47 Å². The first-order valence-corrected chi connectivity index (χ1v) is 7.39. The van der Waals surface area contributed by atoms with Crippen LogP contribution in [0, 0.1) is 0 Å². The van der Waals surface area contributed by atoms with Gasteiger partial charge in [-0.3, -0.25) is 4.68 Å². The molecule has 1 saturated heterocycles. The van der Waals surface area contributed by atoms with Gasteiger partial charge >= 0.3 is 0 Å². The van der Waals surface area contributed by atoms with E-state index >= 15 is 0 Å².